The predicted octanol–water partition coefficient (Wildman–Crippen LogP) is 2.03. The van der Waals surface area contributed by atoms with Crippen LogP contribution in [0.2, 0.25) is 0 Å². The summed E-state index contributed by atoms with van der Waals surface area (Å²) in [5.74, 6) is -0.191. The summed E-state index contributed by atoms with van der Waals surface area (Å²) in [6.07, 6.45) is 5.18. The summed E-state index contributed by atoms with van der Waals surface area (Å²) in [6.45, 7) is 0.751. The molecule has 0 aromatic carbocycles. The third kappa shape index (κ3) is 2.44. The van der Waals surface area contributed by atoms with Gasteiger partial charge in [-0.15, -0.1) is 11.3 Å². The van der Waals surface area contributed by atoms with Crippen LogP contribution in [-0.2, 0) is 11.3 Å². The molecule has 1 aliphatic rings. The monoisotopic (exact) mass is 238 g/mol. The van der Waals surface area contributed by atoms with Gasteiger partial charge in [0.05, 0.1) is 5.54 Å². The van der Waals surface area contributed by atoms with E-state index in [0.717, 1.165) is 32.2 Å². The van der Waals surface area contributed by atoms with Crippen LogP contribution in [-0.4, -0.2) is 11.4 Å². The summed E-state index contributed by atoms with van der Waals surface area (Å²) in [7, 11) is 0. The van der Waals surface area contributed by atoms with Gasteiger partial charge in [0, 0.05) is 11.4 Å². The van der Waals surface area contributed by atoms with Crippen molar-refractivity contribution < 1.29 is 4.79 Å². The molecule has 1 aromatic heterocycles. The van der Waals surface area contributed by atoms with Crippen molar-refractivity contribution >= 4 is 17.2 Å². The molecule has 1 heterocycles. The van der Waals surface area contributed by atoms with Gasteiger partial charge in [0.1, 0.15) is 0 Å². The van der Waals surface area contributed by atoms with Crippen LogP contribution < -0.4 is 11.1 Å². The van der Waals surface area contributed by atoms with Gasteiger partial charge in [-0.2, -0.15) is 0 Å². The van der Waals surface area contributed by atoms with Crippen LogP contribution in [0.3, 0.4) is 0 Å². The molecule has 4 heteroatoms. The van der Waals surface area contributed by atoms with Crippen molar-refractivity contribution in [3.05, 3.63) is 22.4 Å². The third-order valence-electron chi connectivity index (χ3n) is 3.36. The zero-order valence-electron chi connectivity index (χ0n) is 9.37. The molecule has 0 atom stereocenters. The number of amides is 1. The molecule has 1 aromatic rings. The standard InChI is InChI=1S/C12H18N2OS/c13-11(15)12(6-2-1-3-7-12)14-9-10-5-4-8-16-10/h4-5,8,14H,1-3,6-7,9H2,(H2,13,15). The molecule has 0 bridgehead atoms. The number of carbonyl (C=O) groups is 1. The van der Waals surface area contributed by atoms with Gasteiger partial charge in [0.25, 0.3) is 0 Å². The van der Waals surface area contributed by atoms with Crippen molar-refractivity contribution in [1.82, 2.24) is 5.32 Å². The van der Waals surface area contributed by atoms with Gasteiger partial charge in [-0.3, -0.25) is 10.1 Å². The first-order chi connectivity index (χ1) is 7.73. The van der Waals surface area contributed by atoms with E-state index in [4.69, 9.17) is 5.73 Å². The van der Waals surface area contributed by atoms with Crippen molar-refractivity contribution in [1.29, 1.82) is 0 Å². The van der Waals surface area contributed by atoms with Gasteiger partial charge in [0.2, 0.25) is 5.91 Å². The third-order valence-corrected chi connectivity index (χ3v) is 4.24. The second-order valence-electron chi connectivity index (χ2n) is 4.44. The molecule has 88 valence electrons. The Morgan fingerprint density at radius 1 is 1.44 bits per heavy atom. The van der Waals surface area contributed by atoms with E-state index in [-0.39, 0.29) is 5.91 Å². The maximum Gasteiger partial charge on any atom is 0.237 e. The van der Waals surface area contributed by atoms with Crippen LogP contribution in [0.15, 0.2) is 17.5 Å². The zero-order valence-corrected chi connectivity index (χ0v) is 10.2. The van der Waals surface area contributed by atoms with Crippen LogP contribution in [0.1, 0.15) is 37.0 Å². The van der Waals surface area contributed by atoms with E-state index in [1.54, 1.807) is 11.3 Å². The quantitative estimate of drug-likeness (QED) is 0.843. The van der Waals surface area contributed by atoms with E-state index in [9.17, 15) is 4.79 Å². The Morgan fingerprint density at radius 3 is 2.75 bits per heavy atom. The number of primary amides is 1. The number of nitrogens with two attached hydrogens (primary N) is 1. The topological polar surface area (TPSA) is 55.1 Å². The lowest BCUT2D eigenvalue weighted by atomic mass is 9.81. The predicted molar refractivity (Wildman–Crippen MR) is 66.2 cm³/mol. The number of rotatable bonds is 4. The minimum atomic E-state index is -0.456. The highest BCUT2D eigenvalue weighted by Gasteiger charge is 2.37. The Hall–Kier alpha value is -0.870. The minimum absolute atomic E-state index is 0.191. The highest BCUT2D eigenvalue weighted by atomic mass is 32.1. The van der Waals surface area contributed by atoms with E-state index in [2.05, 4.69) is 16.8 Å². The first kappa shape index (κ1) is 11.6. The zero-order chi connectivity index (χ0) is 11.4. The van der Waals surface area contributed by atoms with Crippen LogP contribution in [0, 0.1) is 0 Å². The van der Waals surface area contributed by atoms with E-state index < -0.39 is 5.54 Å². The molecule has 0 unspecified atom stereocenters. The lowest BCUT2D eigenvalue weighted by Crippen LogP contribution is -2.56. The maximum atomic E-state index is 11.6. The molecule has 0 aliphatic heterocycles. The molecule has 16 heavy (non-hydrogen) atoms. The second-order valence-corrected chi connectivity index (χ2v) is 5.47. The number of nitrogens with one attached hydrogen (secondary N) is 1. The van der Waals surface area contributed by atoms with Crippen molar-refractivity contribution in [3.8, 4) is 0 Å². The molecule has 0 saturated heterocycles. The van der Waals surface area contributed by atoms with Gasteiger partial charge in [-0.05, 0) is 24.3 Å². The first-order valence-corrected chi connectivity index (χ1v) is 6.68. The molecule has 0 radical (unpaired) electrons. The minimum Gasteiger partial charge on any atom is -0.368 e. The normalized spacial score (nSPS) is 19.5. The Balaban J connectivity index is 2.00. The first-order valence-electron chi connectivity index (χ1n) is 5.80. The maximum absolute atomic E-state index is 11.6. The van der Waals surface area contributed by atoms with Gasteiger partial charge in [-0.25, -0.2) is 0 Å². The lowest BCUT2D eigenvalue weighted by molar-refractivity contribution is -0.125. The van der Waals surface area contributed by atoms with Crippen molar-refractivity contribution in [2.45, 2.75) is 44.2 Å². The molecule has 3 N–H and O–H groups in total. The smallest absolute Gasteiger partial charge is 0.237 e. The fourth-order valence-corrected chi connectivity index (χ4v) is 2.98. The summed E-state index contributed by atoms with van der Waals surface area (Å²) in [5.41, 5.74) is 5.09. The second kappa shape index (κ2) is 4.97. The Kier molecular flexibility index (Phi) is 3.61. The SMILES string of the molecule is NC(=O)C1(NCc2cccs2)CCCCC1. The molecule has 3 nitrogen and oxygen atoms in total. The summed E-state index contributed by atoms with van der Waals surface area (Å²) in [4.78, 5) is 12.9. The van der Waals surface area contributed by atoms with Gasteiger partial charge < -0.3 is 5.73 Å². The largest absolute Gasteiger partial charge is 0.368 e. The average molecular weight is 238 g/mol. The van der Waals surface area contributed by atoms with E-state index >= 15 is 0 Å². The highest BCUT2D eigenvalue weighted by molar-refractivity contribution is 7.09. The molecule has 1 aliphatic carbocycles. The molecule has 0 spiro atoms. The Morgan fingerprint density at radius 2 is 2.19 bits per heavy atom. The fraction of sp³-hybridized carbons (Fsp3) is 0.583. The molecule has 1 fully saturated rings. The van der Waals surface area contributed by atoms with Crippen LogP contribution in [0.4, 0.5) is 0 Å². The summed E-state index contributed by atoms with van der Waals surface area (Å²) in [5, 5.41) is 5.42. The Bertz CT molecular complexity index is 342. The molecule has 2 rings (SSSR count). The van der Waals surface area contributed by atoms with Crippen molar-refractivity contribution in [2.75, 3.05) is 0 Å². The molecule has 1 amide bonds. The van der Waals surface area contributed by atoms with Crippen LogP contribution in [0.25, 0.3) is 0 Å². The summed E-state index contributed by atoms with van der Waals surface area (Å²) >= 11 is 1.71. The van der Waals surface area contributed by atoms with Gasteiger partial charge in [-0.1, -0.05) is 25.3 Å². The van der Waals surface area contributed by atoms with Crippen LogP contribution >= 0.6 is 11.3 Å². The van der Waals surface area contributed by atoms with Gasteiger partial charge >= 0.3 is 0 Å². The van der Waals surface area contributed by atoms with Crippen molar-refractivity contribution in [2.24, 2.45) is 5.73 Å². The number of hydrogen-bond acceptors (Lipinski definition) is 3. The summed E-state index contributed by atoms with van der Waals surface area (Å²) < 4.78 is 0. The lowest BCUT2D eigenvalue weighted by Gasteiger charge is -2.35. The van der Waals surface area contributed by atoms with E-state index in [1.165, 1.54) is 11.3 Å². The number of thiophene rings is 1. The molecule has 1 saturated carbocycles. The van der Waals surface area contributed by atoms with Crippen molar-refractivity contribution in [3.63, 3.8) is 0 Å². The number of carbonyl (C=O) groups excluding carboxylic acids is 1. The molecular formula is C12H18N2OS. The summed E-state index contributed by atoms with van der Waals surface area (Å²) in [6, 6.07) is 4.11. The van der Waals surface area contributed by atoms with E-state index in [0.29, 0.717) is 0 Å². The van der Waals surface area contributed by atoms with Crippen LogP contribution in [0.5, 0.6) is 0 Å². The average Bonchev–Trinajstić information content (AvgIpc) is 2.80. The van der Waals surface area contributed by atoms with E-state index in [1.807, 2.05) is 6.07 Å². The van der Waals surface area contributed by atoms with Gasteiger partial charge in [0.15, 0.2) is 0 Å². The highest BCUT2D eigenvalue weighted by Crippen LogP contribution is 2.28. The fourth-order valence-electron chi connectivity index (χ4n) is 2.34. The number of hydrogen-bond donors (Lipinski definition) is 2. The Labute approximate surface area is 100 Å². The molecular weight excluding hydrogens is 220 g/mol.